The molecule has 0 atom stereocenters. The van der Waals surface area contributed by atoms with Crippen LogP contribution in [0, 0.1) is 0 Å². The van der Waals surface area contributed by atoms with Crippen molar-refractivity contribution in [1.29, 1.82) is 0 Å². The Bertz CT molecular complexity index is 895. The number of anilines is 1. The van der Waals surface area contributed by atoms with Crippen molar-refractivity contribution in [3.05, 3.63) is 59.9 Å². The first-order valence-corrected chi connectivity index (χ1v) is 7.90. The highest BCUT2D eigenvalue weighted by Crippen LogP contribution is 2.20. The second-order valence-electron chi connectivity index (χ2n) is 4.32. The normalized spacial score (nSPS) is 11.5. The van der Waals surface area contributed by atoms with E-state index in [1.54, 1.807) is 30.6 Å². The molecule has 0 aliphatic carbocycles. The lowest BCUT2D eigenvalue weighted by molar-refractivity contribution is 0.601. The summed E-state index contributed by atoms with van der Waals surface area (Å²) in [6, 6.07) is 10.9. The summed E-state index contributed by atoms with van der Waals surface area (Å²) in [5, 5.41) is 0.481. The highest BCUT2D eigenvalue weighted by Gasteiger charge is 2.14. The fourth-order valence-corrected chi connectivity index (χ4v) is 3.03. The number of fused-ring (bicyclic) bond motifs is 1. The van der Waals surface area contributed by atoms with Crippen LogP contribution < -0.4 is 4.72 Å². The van der Waals surface area contributed by atoms with E-state index in [2.05, 4.69) is 14.7 Å². The van der Waals surface area contributed by atoms with Crippen LogP contribution in [-0.2, 0) is 10.0 Å². The molecule has 1 N–H and O–H groups in total. The van der Waals surface area contributed by atoms with Crippen molar-refractivity contribution in [3.63, 3.8) is 0 Å². The quantitative estimate of drug-likeness (QED) is 0.805. The molecule has 0 unspecified atom stereocenters. The maximum Gasteiger partial charge on any atom is 0.261 e. The van der Waals surface area contributed by atoms with Crippen LogP contribution >= 0.6 is 11.6 Å². The van der Waals surface area contributed by atoms with Gasteiger partial charge >= 0.3 is 0 Å². The molecule has 0 saturated carbocycles. The summed E-state index contributed by atoms with van der Waals surface area (Å²) in [5.41, 5.74) is 1.75. The molecule has 1 aromatic heterocycles. The number of hydrogen-bond acceptors (Lipinski definition) is 4. The van der Waals surface area contributed by atoms with Gasteiger partial charge < -0.3 is 0 Å². The molecular formula is C14H10ClN3O2S. The molecule has 1 heterocycles. The average Bonchev–Trinajstić information content (AvgIpc) is 2.47. The van der Waals surface area contributed by atoms with Crippen LogP contribution in [0.1, 0.15) is 0 Å². The number of benzene rings is 2. The Morgan fingerprint density at radius 1 is 0.905 bits per heavy atom. The number of aromatic nitrogens is 2. The molecule has 0 bridgehead atoms. The molecule has 0 amide bonds. The molecule has 5 nitrogen and oxygen atoms in total. The average molecular weight is 320 g/mol. The van der Waals surface area contributed by atoms with E-state index in [4.69, 9.17) is 11.6 Å². The third-order valence-corrected chi connectivity index (χ3v) is 4.49. The third-order valence-electron chi connectivity index (χ3n) is 2.85. The van der Waals surface area contributed by atoms with Crippen LogP contribution in [0.4, 0.5) is 5.69 Å². The van der Waals surface area contributed by atoms with E-state index in [0.29, 0.717) is 21.7 Å². The lowest BCUT2D eigenvalue weighted by Crippen LogP contribution is -2.12. The monoisotopic (exact) mass is 319 g/mol. The molecule has 2 aromatic carbocycles. The maximum atomic E-state index is 12.3. The molecule has 3 aromatic rings. The molecule has 7 heteroatoms. The van der Waals surface area contributed by atoms with Gasteiger partial charge in [-0.25, -0.2) is 8.42 Å². The lowest BCUT2D eigenvalue weighted by atomic mass is 10.3. The van der Waals surface area contributed by atoms with Crippen molar-refractivity contribution in [1.82, 2.24) is 9.97 Å². The Morgan fingerprint density at radius 2 is 1.57 bits per heavy atom. The molecule has 0 spiro atoms. The van der Waals surface area contributed by atoms with Crippen molar-refractivity contribution in [3.8, 4) is 0 Å². The van der Waals surface area contributed by atoms with Crippen molar-refractivity contribution < 1.29 is 8.42 Å². The predicted molar refractivity (Wildman–Crippen MR) is 81.8 cm³/mol. The molecule has 0 saturated heterocycles. The van der Waals surface area contributed by atoms with Crippen molar-refractivity contribution >= 4 is 38.3 Å². The van der Waals surface area contributed by atoms with Gasteiger partial charge in [0.05, 0.1) is 21.6 Å². The van der Waals surface area contributed by atoms with E-state index in [-0.39, 0.29) is 4.90 Å². The highest BCUT2D eigenvalue weighted by atomic mass is 35.5. The minimum Gasteiger partial charge on any atom is -0.280 e. The lowest BCUT2D eigenvalue weighted by Gasteiger charge is -2.08. The molecule has 0 aliphatic heterocycles. The molecule has 106 valence electrons. The minimum atomic E-state index is -3.66. The number of halogens is 1. The van der Waals surface area contributed by atoms with E-state index in [1.165, 1.54) is 24.3 Å². The number of nitrogens with one attached hydrogen (secondary N) is 1. The zero-order chi connectivity index (χ0) is 14.9. The first-order chi connectivity index (χ1) is 10.0. The Balaban J connectivity index is 1.95. The maximum absolute atomic E-state index is 12.3. The van der Waals surface area contributed by atoms with Crippen LogP contribution in [0.3, 0.4) is 0 Å². The van der Waals surface area contributed by atoms with Gasteiger partial charge in [0.2, 0.25) is 0 Å². The first-order valence-electron chi connectivity index (χ1n) is 6.04. The molecule has 0 radical (unpaired) electrons. The van der Waals surface area contributed by atoms with Gasteiger partial charge in [0, 0.05) is 17.4 Å². The molecule has 0 aliphatic rings. The Kier molecular flexibility index (Phi) is 3.48. The van der Waals surface area contributed by atoms with Gasteiger partial charge in [-0.15, -0.1) is 0 Å². The SMILES string of the molecule is O=S(=O)(Nc1ccc2nccnc2c1)c1ccc(Cl)cc1. The summed E-state index contributed by atoms with van der Waals surface area (Å²) in [4.78, 5) is 8.42. The fraction of sp³-hybridized carbons (Fsp3) is 0. The van der Waals surface area contributed by atoms with E-state index in [0.717, 1.165) is 0 Å². The second-order valence-corrected chi connectivity index (χ2v) is 6.44. The van der Waals surface area contributed by atoms with E-state index < -0.39 is 10.0 Å². The smallest absolute Gasteiger partial charge is 0.261 e. The summed E-state index contributed by atoms with van der Waals surface area (Å²) >= 11 is 5.76. The van der Waals surface area contributed by atoms with E-state index in [9.17, 15) is 8.42 Å². The predicted octanol–water partition coefficient (Wildman–Crippen LogP) is 3.08. The van der Waals surface area contributed by atoms with Gasteiger partial charge in [0.15, 0.2) is 0 Å². The van der Waals surface area contributed by atoms with E-state index in [1.807, 2.05) is 0 Å². The summed E-state index contributed by atoms with van der Waals surface area (Å²) < 4.78 is 27.0. The third kappa shape index (κ3) is 2.96. The molecule has 3 rings (SSSR count). The number of hydrogen-bond donors (Lipinski definition) is 1. The Hall–Kier alpha value is -2.18. The zero-order valence-electron chi connectivity index (χ0n) is 10.7. The number of sulfonamides is 1. The van der Waals surface area contributed by atoms with Gasteiger partial charge in [-0.3, -0.25) is 14.7 Å². The van der Waals surface area contributed by atoms with Gasteiger partial charge in [0.1, 0.15) is 0 Å². The fourth-order valence-electron chi connectivity index (χ4n) is 1.85. The first kappa shape index (κ1) is 13.8. The van der Waals surface area contributed by atoms with Gasteiger partial charge in [-0.1, -0.05) is 11.6 Å². The highest BCUT2D eigenvalue weighted by molar-refractivity contribution is 7.92. The second kappa shape index (κ2) is 5.31. The minimum absolute atomic E-state index is 0.145. The topological polar surface area (TPSA) is 72.0 Å². The summed E-state index contributed by atoms with van der Waals surface area (Å²) in [6.45, 7) is 0. The van der Waals surface area contributed by atoms with Crippen molar-refractivity contribution in [2.75, 3.05) is 4.72 Å². The molecular weight excluding hydrogens is 310 g/mol. The van der Waals surface area contributed by atoms with Crippen LogP contribution in [-0.4, -0.2) is 18.4 Å². The van der Waals surface area contributed by atoms with Crippen molar-refractivity contribution in [2.45, 2.75) is 4.90 Å². The van der Waals surface area contributed by atoms with Crippen LogP contribution in [0.15, 0.2) is 59.8 Å². The van der Waals surface area contributed by atoms with E-state index >= 15 is 0 Å². The van der Waals surface area contributed by atoms with Gasteiger partial charge in [-0.05, 0) is 42.5 Å². The largest absolute Gasteiger partial charge is 0.280 e. The van der Waals surface area contributed by atoms with Gasteiger partial charge in [0.25, 0.3) is 10.0 Å². The number of nitrogens with zero attached hydrogens (tertiary/aromatic N) is 2. The molecule has 0 fully saturated rings. The Labute approximate surface area is 126 Å². The van der Waals surface area contributed by atoms with Crippen molar-refractivity contribution in [2.24, 2.45) is 0 Å². The van der Waals surface area contributed by atoms with Crippen LogP contribution in [0.5, 0.6) is 0 Å². The van der Waals surface area contributed by atoms with Crippen LogP contribution in [0.25, 0.3) is 11.0 Å². The summed E-state index contributed by atoms with van der Waals surface area (Å²) in [6.07, 6.45) is 3.14. The van der Waals surface area contributed by atoms with Gasteiger partial charge in [-0.2, -0.15) is 0 Å². The molecule has 21 heavy (non-hydrogen) atoms. The summed E-state index contributed by atoms with van der Waals surface area (Å²) in [5.74, 6) is 0. The summed E-state index contributed by atoms with van der Waals surface area (Å²) in [7, 11) is -3.66. The zero-order valence-corrected chi connectivity index (χ0v) is 12.3. The van der Waals surface area contributed by atoms with Crippen LogP contribution in [0.2, 0.25) is 5.02 Å². The Morgan fingerprint density at radius 3 is 2.29 bits per heavy atom. The standard InChI is InChI=1S/C14H10ClN3O2S/c15-10-1-4-12(5-2-10)21(19,20)18-11-3-6-13-14(9-11)17-8-7-16-13/h1-9,18H. The number of rotatable bonds is 3.